The summed E-state index contributed by atoms with van der Waals surface area (Å²) >= 11 is 2.20. The van der Waals surface area contributed by atoms with Gasteiger partial charge in [-0.05, 0) is 72.3 Å². The van der Waals surface area contributed by atoms with Gasteiger partial charge in [0.25, 0.3) is 10.0 Å². The SMILES string of the molecule is Cc1ccc(S(=O)(=O)Nc2ccc(I)cc2C)cc1. The van der Waals surface area contributed by atoms with E-state index < -0.39 is 10.0 Å². The molecule has 2 aromatic carbocycles. The Kier molecular flexibility index (Phi) is 4.15. The molecule has 0 saturated carbocycles. The molecule has 0 aliphatic heterocycles. The highest BCUT2D eigenvalue weighted by Crippen LogP contribution is 2.21. The van der Waals surface area contributed by atoms with Crippen LogP contribution in [0.15, 0.2) is 47.4 Å². The van der Waals surface area contributed by atoms with Crippen molar-refractivity contribution in [2.75, 3.05) is 4.72 Å². The second kappa shape index (κ2) is 5.50. The number of hydrogen-bond donors (Lipinski definition) is 1. The summed E-state index contributed by atoms with van der Waals surface area (Å²) in [4.78, 5) is 0.274. The summed E-state index contributed by atoms with van der Waals surface area (Å²) in [5, 5.41) is 0. The maximum Gasteiger partial charge on any atom is 0.261 e. The van der Waals surface area contributed by atoms with E-state index in [2.05, 4.69) is 27.3 Å². The van der Waals surface area contributed by atoms with Crippen molar-refractivity contribution in [2.24, 2.45) is 0 Å². The fourth-order valence-electron chi connectivity index (χ4n) is 1.66. The minimum atomic E-state index is -3.52. The Balaban J connectivity index is 2.33. The first-order chi connectivity index (χ1) is 8.88. The van der Waals surface area contributed by atoms with E-state index in [0.29, 0.717) is 5.69 Å². The molecule has 0 unspecified atom stereocenters. The third-order valence-electron chi connectivity index (χ3n) is 2.76. The fraction of sp³-hybridized carbons (Fsp3) is 0.143. The van der Waals surface area contributed by atoms with Gasteiger partial charge < -0.3 is 0 Å². The van der Waals surface area contributed by atoms with Crippen LogP contribution in [0.25, 0.3) is 0 Å². The zero-order chi connectivity index (χ0) is 14.0. The summed E-state index contributed by atoms with van der Waals surface area (Å²) in [6.45, 7) is 3.81. The van der Waals surface area contributed by atoms with Crippen LogP contribution in [0.4, 0.5) is 5.69 Å². The lowest BCUT2D eigenvalue weighted by molar-refractivity contribution is 0.601. The van der Waals surface area contributed by atoms with Gasteiger partial charge in [-0.1, -0.05) is 17.7 Å². The van der Waals surface area contributed by atoms with E-state index >= 15 is 0 Å². The highest BCUT2D eigenvalue weighted by Gasteiger charge is 2.14. The Labute approximate surface area is 127 Å². The number of anilines is 1. The number of halogens is 1. The van der Waals surface area contributed by atoms with Crippen molar-refractivity contribution in [3.05, 3.63) is 57.2 Å². The van der Waals surface area contributed by atoms with Gasteiger partial charge in [0, 0.05) is 3.57 Å². The number of benzene rings is 2. The van der Waals surface area contributed by atoms with Crippen LogP contribution in [-0.4, -0.2) is 8.42 Å². The third-order valence-corrected chi connectivity index (χ3v) is 4.82. The van der Waals surface area contributed by atoms with E-state index in [0.717, 1.165) is 14.7 Å². The first kappa shape index (κ1) is 14.3. The maximum atomic E-state index is 12.2. The van der Waals surface area contributed by atoms with E-state index in [1.165, 1.54) is 0 Å². The minimum absolute atomic E-state index is 0.274. The first-order valence-electron chi connectivity index (χ1n) is 5.74. The lowest BCUT2D eigenvalue weighted by Gasteiger charge is -2.11. The van der Waals surface area contributed by atoms with Crippen molar-refractivity contribution < 1.29 is 8.42 Å². The van der Waals surface area contributed by atoms with Crippen molar-refractivity contribution in [3.63, 3.8) is 0 Å². The topological polar surface area (TPSA) is 46.2 Å². The second-order valence-corrected chi connectivity index (χ2v) is 7.31. The second-order valence-electron chi connectivity index (χ2n) is 4.38. The summed E-state index contributed by atoms with van der Waals surface area (Å²) in [7, 11) is -3.52. The van der Waals surface area contributed by atoms with Crippen molar-refractivity contribution >= 4 is 38.3 Å². The van der Waals surface area contributed by atoms with E-state index in [1.807, 2.05) is 26.0 Å². The molecule has 0 aliphatic carbocycles. The molecule has 0 heterocycles. The normalized spacial score (nSPS) is 11.3. The van der Waals surface area contributed by atoms with Gasteiger partial charge >= 0.3 is 0 Å². The van der Waals surface area contributed by atoms with Crippen LogP contribution in [0.1, 0.15) is 11.1 Å². The van der Waals surface area contributed by atoms with Crippen LogP contribution >= 0.6 is 22.6 Å². The van der Waals surface area contributed by atoms with Crippen LogP contribution in [-0.2, 0) is 10.0 Å². The molecule has 0 aliphatic rings. The van der Waals surface area contributed by atoms with Gasteiger partial charge in [0.2, 0.25) is 0 Å². The Hall–Kier alpha value is -1.08. The molecule has 100 valence electrons. The average Bonchev–Trinajstić information content (AvgIpc) is 2.33. The van der Waals surface area contributed by atoms with E-state index in [4.69, 9.17) is 0 Å². The Morgan fingerprint density at radius 3 is 2.21 bits per heavy atom. The summed E-state index contributed by atoms with van der Waals surface area (Å²) in [5.41, 5.74) is 2.55. The molecule has 19 heavy (non-hydrogen) atoms. The van der Waals surface area contributed by atoms with Crippen molar-refractivity contribution in [3.8, 4) is 0 Å². The van der Waals surface area contributed by atoms with Crippen LogP contribution < -0.4 is 4.72 Å². The van der Waals surface area contributed by atoms with Gasteiger partial charge in [-0.15, -0.1) is 0 Å². The zero-order valence-electron chi connectivity index (χ0n) is 10.6. The standard InChI is InChI=1S/C14H14INO2S/c1-10-3-6-13(7-4-10)19(17,18)16-14-8-5-12(15)9-11(14)2/h3-9,16H,1-2H3. The lowest BCUT2D eigenvalue weighted by atomic mass is 10.2. The summed E-state index contributed by atoms with van der Waals surface area (Å²) in [6.07, 6.45) is 0. The summed E-state index contributed by atoms with van der Waals surface area (Å²) < 4.78 is 28.2. The molecular weight excluding hydrogens is 373 g/mol. The highest BCUT2D eigenvalue weighted by atomic mass is 127. The molecule has 0 amide bonds. The molecule has 1 N–H and O–H groups in total. The summed E-state index contributed by atoms with van der Waals surface area (Å²) in [5.74, 6) is 0. The van der Waals surface area contributed by atoms with Crippen LogP contribution in [0.2, 0.25) is 0 Å². The van der Waals surface area contributed by atoms with Crippen LogP contribution in [0.3, 0.4) is 0 Å². The number of aryl methyl sites for hydroxylation is 2. The molecule has 3 nitrogen and oxygen atoms in total. The van der Waals surface area contributed by atoms with E-state index in [1.54, 1.807) is 30.3 Å². The van der Waals surface area contributed by atoms with E-state index in [9.17, 15) is 8.42 Å². The highest BCUT2D eigenvalue weighted by molar-refractivity contribution is 14.1. The molecule has 0 spiro atoms. The molecule has 0 aromatic heterocycles. The average molecular weight is 387 g/mol. The molecule has 0 radical (unpaired) electrons. The summed E-state index contributed by atoms with van der Waals surface area (Å²) in [6, 6.07) is 12.4. The zero-order valence-corrected chi connectivity index (χ0v) is 13.6. The monoisotopic (exact) mass is 387 g/mol. The predicted molar refractivity (Wildman–Crippen MR) is 85.9 cm³/mol. The lowest BCUT2D eigenvalue weighted by Crippen LogP contribution is -2.13. The number of nitrogens with one attached hydrogen (secondary N) is 1. The quantitative estimate of drug-likeness (QED) is 0.817. The van der Waals surface area contributed by atoms with E-state index in [-0.39, 0.29) is 4.90 Å². The number of sulfonamides is 1. The van der Waals surface area contributed by atoms with Gasteiger partial charge in [0.05, 0.1) is 10.6 Å². The Morgan fingerprint density at radius 1 is 1.00 bits per heavy atom. The Bertz CT molecular complexity index is 694. The molecule has 0 fully saturated rings. The largest absolute Gasteiger partial charge is 0.279 e. The van der Waals surface area contributed by atoms with Crippen molar-refractivity contribution in [2.45, 2.75) is 18.7 Å². The molecular formula is C14H14INO2S. The molecule has 2 rings (SSSR count). The van der Waals surface area contributed by atoms with Gasteiger partial charge in [0.15, 0.2) is 0 Å². The molecule has 0 bridgehead atoms. The third kappa shape index (κ3) is 3.48. The van der Waals surface area contributed by atoms with Gasteiger partial charge in [-0.2, -0.15) is 0 Å². The molecule has 0 saturated heterocycles. The fourth-order valence-corrected chi connectivity index (χ4v) is 3.44. The smallest absolute Gasteiger partial charge is 0.261 e. The molecule has 2 aromatic rings. The number of hydrogen-bond acceptors (Lipinski definition) is 2. The first-order valence-corrected chi connectivity index (χ1v) is 8.30. The Morgan fingerprint density at radius 2 is 1.63 bits per heavy atom. The van der Waals surface area contributed by atoms with Crippen LogP contribution in [0, 0.1) is 17.4 Å². The van der Waals surface area contributed by atoms with Crippen LogP contribution in [0.5, 0.6) is 0 Å². The van der Waals surface area contributed by atoms with Crippen molar-refractivity contribution in [1.82, 2.24) is 0 Å². The number of rotatable bonds is 3. The minimum Gasteiger partial charge on any atom is -0.279 e. The van der Waals surface area contributed by atoms with Gasteiger partial charge in [-0.3, -0.25) is 4.72 Å². The van der Waals surface area contributed by atoms with Crippen molar-refractivity contribution in [1.29, 1.82) is 0 Å². The maximum absolute atomic E-state index is 12.2. The van der Waals surface area contributed by atoms with Gasteiger partial charge in [0.1, 0.15) is 0 Å². The molecule has 0 atom stereocenters. The molecule has 5 heteroatoms. The van der Waals surface area contributed by atoms with Gasteiger partial charge in [-0.25, -0.2) is 8.42 Å². The predicted octanol–water partition coefficient (Wildman–Crippen LogP) is 3.71.